The van der Waals surface area contributed by atoms with Gasteiger partial charge in [0, 0.05) is 25.2 Å². The number of hydrogen-bond donors (Lipinski definition) is 0. The number of likely N-dealkylation sites (tertiary alicyclic amines) is 1. The van der Waals surface area contributed by atoms with Gasteiger partial charge in [0.25, 0.3) is 5.91 Å². The van der Waals surface area contributed by atoms with Gasteiger partial charge in [0.1, 0.15) is 5.82 Å². The second-order valence-electron chi connectivity index (χ2n) is 5.34. The molecule has 1 aliphatic rings. The highest BCUT2D eigenvalue weighted by atomic mass is 19.1. The van der Waals surface area contributed by atoms with Crippen molar-refractivity contribution in [3.05, 3.63) is 34.1 Å². The molecule has 2 rings (SSSR count). The van der Waals surface area contributed by atoms with Crippen LogP contribution in [0.5, 0.6) is 5.75 Å². The quantitative estimate of drug-likeness (QED) is 0.458. The van der Waals surface area contributed by atoms with E-state index in [0.29, 0.717) is 25.9 Å². The summed E-state index contributed by atoms with van der Waals surface area (Å²) < 4.78 is 23.0. The number of esters is 1. The zero-order valence-corrected chi connectivity index (χ0v) is 13.1. The van der Waals surface area contributed by atoms with Gasteiger partial charge >= 0.3 is 11.7 Å². The molecule has 1 heterocycles. The number of rotatable bonds is 5. The molecule has 1 aliphatic heterocycles. The third kappa shape index (κ3) is 4.18. The molecule has 0 aliphatic carbocycles. The zero-order valence-electron chi connectivity index (χ0n) is 13.1. The fourth-order valence-electron chi connectivity index (χ4n) is 2.52. The first kappa shape index (κ1) is 17.6. The molecule has 9 heteroatoms. The number of carbonyl (C=O) groups excluding carboxylic acids is 2. The summed E-state index contributed by atoms with van der Waals surface area (Å²) >= 11 is 0. The number of nitro benzene ring substituents is 1. The fourth-order valence-corrected chi connectivity index (χ4v) is 2.52. The Morgan fingerprint density at radius 2 is 2.04 bits per heavy atom. The number of nitrogens with zero attached hydrogens (tertiary/aromatic N) is 2. The minimum absolute atomic E-state index is 0.232. The van der Waals surface area contributed by atoms with Gasteiger partial charge in [-0.25, -0.2) is 4.39 Å². The molecule has 0 saturated carbocycles. The third-order valence-corrected chi connectivity index (χ3v) is 3.85. The van der Waals surface area contributed by atoms with Crippen LogP contribution in [0.15, 0.2) is 18.2 Å². The summed E-state index contributed by atoms with van der Waals surface area (Å²) in [4.78, 5) is 35.2. The number of hydrogen-bond acceptors (Lipinski definition) is 6. The van der Waals surface area contributed by atoms with Gasteiger partial charge in [-0.2, -0.15) is 0 Å². The summed E-state index contributed by atoms with van der Waals surface area (Å²) in [5.41, 5.74) is -0.409. The highest BCUT2D eigenvalue weighted by molar-refractivity contribution is 5.78. The van der Waals surface area contributed by atoms with E-state index in [1.165, 1.54) is 12.0 Å². The van der Waals surface area contributed by atoms with Crippen molar-refractivity contribution in [3.63, 3.8) is 0 Å². The summed E-state index contributed by atoms with van der Waals surface area (Å²) in [5.74, 6) is -1.89. The molecule has 0 unspecified atom stereocenters. The first-order chi connectivity index (χ1) is 11.4. The predicted molar refractivity (Wildman–Crippen MR) is 79.9 cm³/mol. The maximum Gasteiger partial charge on any atom is 0.311 e. The Balaban J connectivity index is 1.92. The third-order valence-electron chi connectivity index (χ3n) is 3.85. The smallest absolute Gasteiger partial charge is 0.311 e. The Kier molecular flexibility index (Phi) is 5.67. The Morgan fingerprint density at radius 1 is 1.38 bits per heavy atom. The van der Waals surface area contributed by atoms with E-state index in [4.69, 9.17) is 4.74 Å². The van der Waals surface area contributed by atoms with E-state index in [0.717, 1.165) is 18.2 Å². The molecule has 0 atom stereocenters. The van der Waals surface area contributed by atoms with Crippen LogP contribution in [0.25, 0.3) is 0 Å². The average Bonchev–Trinajstić information content (AvgIpc) is 2.58. The van der Waals surface area contributed by atoms with Crippen LogP contribution in [-0.2, 0) is 14.3 Å². The Morgan fingerprint density at radius 3 is 2.62 bits per heavy atom. The molecule has 0 N–H and O–H groups in total. The Labute approximate surface area is 137 Å². The van der Waals surface area contributed by atoms with Crippen molar-refractivity contribution in [1.29, 1.82) is 0 Å². The van der Waals surface area contributed by atoms with Crippen molar-refractivity contribution in [2.75, 3.05) is 26.8 Å². The van der Waals surface area contributed by atoms with Crippen LogP contribution in [0.2, 0.25) is 0 Å². The SMILES string of the molecule is COC(=O)C1CCN(C(=O)COc2cc(F)ccc2[N+](=O)[O-])CC1. The van der Waals surface area contributed by atoms with Crippen LogP contribution in [0.4, 0.5) is 10.1 Å². The standard InChI is InChI=1S/C15H17FN2O6/c1-23-15(20)10-4-6-17(7-5-10)14(19)9-24-13-8-11(16)2-3-12(13)18(21)22/h2-3,8,10H,4-7,9H2,1H3. The summed E-state index contributed by atoms with van der Waals surface area (Å²) in [6.45, 7) is 0.299. The number of methoxy groups -OCH3 is 1. The summed E-state index contributed by atoms with van der Waals surface area (Å²) in [7, 11) is 1.32. The summed E-state index contributed by atoms with van der Waals surface area (Å²) in [6.07, 6.45) is 0.969. The highest BCUT2D eigenvalue weighted by Gasteiger charge is 2.28. The number of carbonyl (C=O) groups is 2. The van der Waals surface area contributed by atoms with Crippen molar-refractivity contribution in [1.82, 2.24) is 4.90 Å². The van der Waals surface area contributed by atoms with E-state index in [1.54, 1.807) is 0 Å². The molecule has 24 heavy (non-hydrogen) atoms. The molecule has 0 bridgehead atoms. The average molecular weight is 340 g/mol. The largest absolute Gasteiger partial charge is 0.477 e. The molecule has 0 radical (unpaired) electrons. The van der Waals surface area contributed by atoms with E-state index in [1.807, 2.05) is 0 Å². The molecule has 1 amide bonds. The van der Waals surface area contributed by atoms with Gasteiger partial charge in [-0.1, -0.05) is 0 Å². The fraction of sp³-hybridized carbons (Fsp3) is 0.467. The minimum Gasteiger partial charge on any atom is -0.477 e. The van der Waals surface area contributed by atoms with E-state index in [9.17, 15) is 24.1 Å². The number of piperidine rings is 1. The molecule has 8 nitrogen and oxygen atoms in total. The predicted octanol–water partition coefficient (Wildman–Crippen LogP) is 1.52. The van der Waals surface area contributed by atoms with E-state index >= 15 is 0 Å². The van der Waals surface area contributed by atoms with Crippen molar-refractivity contribution < 1.29 is 28.4 Å². The molecule has 130 valence electrons. The molecular weight excluding hydrogens is 323 g/mol. The lowest BCUT2D eigenvalue weighted by atomic mass is 9.97. The van der Waals surface area contributed by atoms with Crippen LogP contribution in [0.3, 0.4) is 0 Å². The Hall–Kier alpha value is -2.71. The molecule has 1 saturated heterocycles. The molecule has 0 spiro atoms. The number of nitro groups is 1. The lowest BCUT2D eigenvalue weighted by molar-refractivity contribution is -0.385. The minimum atomic E-state index is -0.707. The molecular formula is C15H17FN2O6. The molecule has 1 fully saturated rings. The number of benzene rings is 1. The first-order valence-corrected chi connectivity index (χ1v) is 7.34. The van der Waals surface area contributed by atoms with Crippen LogP contribution < -0.4 is 4.74 Å². The summed E-state index contributed by atoms with van der Waals surface area (Å²) in [6, 6.07) is 2.80. The van der Waals surface area contributed by atoms with Crippen molar-refractivity contribution in [2.24, 2.45) is 5.92 Å². The first-order valence-electron chi connectivity index (χ1n) is 7.34. The maximum atomic E-state index is 13.2. The van der Waals surface area contributed by atoms with Crippen molar-refractivity contribution in [3.8, 4) is 5.75 Å². The van der Waals surface area contributed by atoms with Gasteiger partial charge in [-0.3, -0.25) is 19.7 Å². The van der Waals surface area contributed by atoms with Crippen LogP contribution in [0, 0.1) is 21.8 Å². The number of halogens is 1. The van der Waals surface area contributed by atoms with E-state index < -0.39 is 23.0 Å². The number of amides is 1. The molecule has 1 aromatic rings. The van der Waals surface area contributed by atoms with Gasteiger partial charge in [0.05, 0.1) is 18.0 Å². The molecule has 1 aromatic carbocycles. The normalized spacial score (nSPS) is 15.0. The lowest BCUT2D eigenvalue weighted by Crippen LogP contribution is -2.42. The second-order valence-corrected chi connectivity index (χ2v) is 5.34. The van der Waals surface area contributed by atoms with Crippen molar-refractivity contribution >= 4 is 17.6 Å². The monoisotopic (exact) mass is 340 g/mol. The van der Waals surface area contributed by atoms with Gasteiger partial charge in [-0.05, 0) is 18.9 Å². The van der Waals surface area contributed by atoms with Crippen LogP contribution >= 0.6 is 0 Å². The topological polar surface area (TPSA) is 99.0 Å². The van der Waals surface area contributed by atoms with E-state index in [-0.39, 0.29) is 23.5 Å². The van der Waals surface area contributed by atoms with Gasteiger partial charge in [0.2, 0.25) is 5.75 Å². The van der Waals surface area contributed by atoms with Gasteiger partial charge < -0.3 is 14.4 Å². The summed E-state index contributed by atoms with van der Waals surface area (Å²) in [5, 5.41) is 10.9. The highest BCUT2D eigenvalue weighted by Crippen LogP contribution is 2.27. The Bertz CT molecular complexity index is 643. The van der Waals surface area contributed by atoms with Crippen LogP contribution in [0.1, 0.15) is 12.8 Å². The van der Waals surface area contributed by atoms with Crippen molar-refractivity contribution in [2.45, 2.75) is 12.8 Å². The van der Waals surface area contributed by atoms with Gasteiger partial charge in [-0.15, -0.1) is 0 Å². The van der Waals surface area contributed by atoms with Crippen LogP contribution in [-0.4, -0.2) is 48.5 Å². The number of ether oxygens (including phenoxy) is 2. The van der Waals surface area contributed by atoms with E-state index in [2.05, 4.69) is 4.74 Å². The molecule has 0 aromatic heterocycles. The maximum absolute atomic E-state index is 13.2. The second kappa shape index (κ2) is 7.71. The van der Waals surface area contributed by atoms with Gasteiger partial charge in [0.15, 0.2) is 6.61 Å². The zero-order chi connectivity index (χ0) is 17.7. The lowest BCUT2D eigenvalue weighted by Gasteiger charge is -2.30.